The number of rotatable bonds is 4. The van der Waals surface area contributed by atoms with Crippen LogP contribution in [-0.2, 0) is 0 Å². The zero-order valence-corrected chi connectivity index (χ0v) is 22.0. The molecule has 0 radical (unpaired) electrons. The fourth-order valence-corrected chi connectivity index (χ4v) is 5.54. The molecule has 2 aromatic heterocycles. The fourth-order valence-electron chi connectivity index (χ4n) is 5.54. The van der Waals surface area contributed by atoms with Crippen LogP contribution in [0, 0.1) is 0 Å². The van der Waals surface area contributed by atoms with Gasteiger partial charge in [-0.1, -0.05) is 121 Å². The van der Waals surface area contributed by atoms with Gasteiger partial charge in [0.25, 0.3) is 0 Å². The van der Waals surface area contributed by atoms with Gasteiger partial charge in [-0.05, 0) is 40.1 Å². The van der Waals surface area contributed by atoms with Gasteiger partial charge in [-0.25, -0.2) is 15.0 Å². The quantitative estimate of drug-likeness (QED) is 0.230. The van der Waals surface area contributed by atoms with Crippen LogP contribution in [0.15, 0.2) is 144 Å². The Morgan fingerprint density at radius 3 is 1.95 bits per heavy atom. The van der Waals surface area contributed by atoms with Gasteiger partial charge in [-0.15, -0.1) is 0 Å². The van der Waals surface area contributed by atoms with Gasteiger partial charge in [0.2, 0.25) is 5.89 Å². The third-order valence-electron chi connectivity index (χ3n) is 7.54. The molecule has 0 aliphatic carbocycles. The van der Waals surface area contributed by atoms with E-state index in [1.54, 1.807) is 0 Å². The molecule has 0 unspecified atom stereocenters. The zero-order valence-electron chi connectivity index (χ0n) is 22.0. The van der Waals surface area contributed by atoms with Gasteiger partial charge in [-0.3, -0.25) is 0 Å². The highest BCUT2D eigenvalue weighted by Gasteiger charge is 2.18. The van der Waals surface area contributed by atoms with Crippen molar-refractivity contribution >= 4 is 32.8 Å². The van der Waals surface area contributed by atoms with Gasteiger partial charge in [0, 0.05) is 16.5 Å². The van der Waals surface area contributed by atoms with Crippen LogP contribution in [0.2, 0.25) is 0 Å². The highest BCUT2D eigenvalue weighted by Crippen LogP contribution is 2.39. The predicted octanol–water partition coefficient (Wildman–Crippen LogP) is 9.59. The molecule has 0 aliphatic heterocycles. The monoisotopic (exact) mass is 525 g/mol. The lowest BCUT2D eigenvalue weighted by molar-refractivity contribution is 0.621. The molecule has 4 nitrogen and oxygen atoms in total. The van der Waals surface area contributed by atoms with E-state index in [-0.39, 0.29) is 0 Å². The number of hydrogen-bond acceptors (Lipinski definition) is 4. The molecule has 2 heterocycles. The van der Waals surface area contributed by atoms with Crippen LogP contribution in [0.4, 0.5) is 0 Å². The normalized spacial score (nSPS) is 11.4. The first kappa shape index (κ1) is 23.3. The summed E-state index contributed by atoms with van der Waals surface area (Å²) >= 11 is 0. The number of para-hydroxylation sites is 3. The SMILES string of the molecule is c1ccc(-c2nc(-c3ccc(-c4ccc5ccccc5c4-c4nc5ccccc5o4)cc3)nc3ccccc23)cc1. The summed E-state index contributed by atoms with van der Waals surface area (Å²) in [5.74, 6) is 1.32. The zero-order chi connectivity index (χ0) is 27.2. The molecule has 0 fully saturated rings. The first-order chi connectivity index (χ1) is 20.3. The van der Waals surface area contributed by atoms with Gasteiger partial charge < -0.3 is 4.42 Å². The van der Waals surface area contributed by atoms with Crippen LogP contribution in [-0.4, -0.2) is 15.0 Å². The molecule has 6 aromatic carbocycles. The Kier molecular flexibility index (Phi) is 5.42. The molecule has 0 aliphatic rings. The molecule has 0 N–H and O–H groups in total. The molecule has 0 bridgehead atoms. The molecule has 0 saturated carbocycles. The maximum atomic E-state index is 6.28. The summed E-state index contributed by atoms with van der Waals surface area (Å²) in [6.45, 7) is 0. The third kappa shape index (κ3) is 4.05. The van der Waals surface area contributed by atoms with E-state index in [4.69, 9.17) is 19.4 Å². The molecule has 41 heavy (non-hydrogen) atoms. The molecular weight excluding hydrogens is 502 g/mol. The number of aromatic nitrogens is 3. The molecule has 192 valence electrons. The molecular formula is C37H23N3O. The van der Waals surface area contributed by atoms with Crippen LogP contribution in [0.3, 0.4) is 0 Å². The summed E-state index contributed by atoms with van der Waals surface area (Å²) in [6, 6.07) is 47.5. The Morgan fingerprint density at radius 1 is 0.439 bits per heavy atom. The van der Waals surface area contributed by atoms with E-state index in [0.717, 1.165) is 66.3 Å². The summed E-state index contributed by atoms with van der Waals surface area (Å²) < 4.78 is 6.28. The van der Waals surface area contributed by atoms with Crippen molar-refractivity contribution in [2.45, 2.75) is 0 Å². The van der Waals surface area contributed by atoms with Crippen molar-refractivity contribution < 1.29 is 4.42 Å². The van der Waals surface area contributed by atoms with E-state index in [2.05, 4.69) is 78.9 Å². The summed E-state index contributed by atoms with van der Waals surface area (Å²) in [4.78, 5) is 14.8. The van der Waals surface area contributed by atoms with Crippen molar-refractivity contribution in [3.63, 3.8) is 0 Å². The Balaban J connectivity index is 1.27. The first-order valence-corrected chi connectivity index (χ1v) is 13.6. The molecule has 0 amide bonds. The van der Waals surface area contributed by atoms with E-state index in [1.807, 2.05) is 60.7 Å². The van der Waals surface area contributed by atoms with Crippen molar-refractivity contribution in [1.29, 1.82) is 0 Å². The number of hydrogen-bond donors (Lipinski definition) is 0. The van der Waals surface area contributed by atoms with Crippen LogP contribution in [0.5, 0.6) is 0 Å². The summed E-state index contributed by atoms with van der Waals surface area (Å²) in [6.07, 6.45) is 0. The van der Waals surface area contributed by atoms with Gasteiger partial charge in [0.1, 0.15) is 5.52 Å². The fraction of sp³-hybridized carbons (Fsp3) is 0. The Morgan fingerprint density at radius 2 is 1.12 bits per heavy atom. The molecule has 0 saturated heterocycles. The maximum absolute atomic E-state index is 6.28. The second kappa shape index (κ2) is 9.54. The summed E-state index contributed by atoms with van der Waals surface area (Å²) in [7, 11) is 0. The molecule has 8 rings (SSSR count). The molecule has 4 heteroatoms. The maximum Gasteiger partial charge on any atom is 0.228 e. The Bertz CT molecular complexity index is 2170. The number of fused-ring (bicyclic) bond motifs is 3. The van der Waals surface area contributed by atoms with Gasteiger partial charge in [0.05, 0.1) is 16.8 Å². The minimum atomic E-state index is 0.618. The van der Waals surface area contributed by atoms with E-state index >= 15 is 0 Å². The summed E-state index contributed by atoms with van der Waals surface area (Å²) in [5, 5.41) is 3.28. The minimum absolute atomic E-state index is 0.618. The van der Waals surface area contributed by atoms with Crippen molar-refractivity contribution in [3.8, 4) is 45.2 Å². The van der Waals surface area contributed by atoms with Crippen molar-refractivity contribution in [3.05, 3.63) is 140 Å². The van der Waals surface area contributed by atoms with E-state index < -0.39 is 0 Å². The van der Waals surface area contributed by atoms with Crippen LogP contribution in [0.25, 0.3) is 78.0 Å². The smallest absolute Gasteiger partial charge is 0.228 e. The molecule has 0 atom stereocenters. The van der Waals surface area contributed by atoms with Gasteiger partial charge >= 0.3 is 0 Å². The largest absolute Gasteiger partial charge is 0.436 e. The van der Waals surface area contributed by atoms with Gasteiger partial charge in [-0.2, -0.15) is 0 Å². The highest BCUT2D eigenvalue weighted by molar-refractivity contribution is 6.03. The Labute approximate surface area is 236 Å². The lowest BCUT2D eigenvalue weighted by Crippen LogP contribution is -1.95. The lowest BCUT2D eigenvalue weighted by atomic mass is 9.93. The molecule has 0 spiro atoms. The standard InChI is InChI=1S/C37H23N3O/c1-2-11-26(12-3-1)35-30-14-6-7-15-31(30)38-36(40-35)27-20-18-25(19-21-27)29-23-22-24-10-4-5-13-28(24)34(29)37-39-32-16-8-9-17-33(32)41-37/h1-23H. The second-order valence-electron chi connectivity index (χ2n) is 10.1. The average molecular weight is 526 g/mol. The number of oxazole rings is 1. The van der Waals surface area contributed by atoms with E-state index in [1.165, 1.54) is 0 Å². The van der Waals surface area contributed by atoms with Crippen LogP contribution < -0.4 is 0 Å². The topological polar surface area (TPSA) is 51.8 Å². The molecule has 8 aromatic rings. The predicted molar refractivity (Wildman–Crippen MR) is 166 cm³/mol. The Hall–Kier alpha value is -5.61. The van der Waals surface area contributed by atoms with E-state index in [9.17, 15) is 0 Å². The van der Waals surface area contributed by atoms with Crippen molar-refractivity contribution in [2.75, 3.05) is 0 Å². The van der Waals surface area contributed by atoms with Crippen LogP contribution >= 0.6 is 0 Å². The number of nitrogens with zero attached hydrogens (tertiary/aromatic N) is 3. The van der Waals surface area contributed by atoms with Crippen molar-refractivity contribution in [2.24, 2.45) is 0 Å². The van der Waals surface area contributed by atoms with E-state index in [0.29, 0.717) is 11.7 Å². The van der Waals surface area contributed by atoms with Crippen molar-refractivity contribution in [1.82, 2.24) is 15.0 Å². The minimum Gasteiger partial charge on any atom is -0.436 e. The number of benzene rings is 6. The lowest BCUT2D eigenvalue weighted by Gasteiger charge is -2.12. The van der Waals surface area contributed by atoms with Gasteiger partial charge in [0.15, 0.2) is 11.4 Å². The average Bonchev–Trinajstić information content (AvgIpc) is 3.48. The second-order valence-corrected chi connectivity index (χ2v) is 10.1. The highest BCUT2D eigenvalue weighted by atomic mass is 16.3. The summed E-state index contributed by atoms with van der Waals surface area (Å²) in [5.41, 5.74) is 8.63. The third-order valence-corrected chi connectivity index (χ3v) is 7.54. The van der Waals surface area contributed by atoms with Crippen LogP contribution in [0.1, 0.15) is 0 Å². The first-order valence-electron chi connectivity index (χ1n) is 13.6.